The van der Waals surface area contributed by atoms with Crippen LogP contribution in [0.1, 0.15) is 45.4 Å². The van der Waals surface area contributed by atoms with E-state index in [2.05, 4.69) is 14.7 Å². The van der Waals surface area contributed by atoms with Crippen LogP contribution in [0.15, 0.2) is 11.2 Å². The van der Waals surface area contributed by atoms with Crippen LogP contribution in [-0.4, -0.2) is 36.1 Å². The standard InChI is InChI=1S/C11H21N3O3S/c1-8(2)11-12-7-10(13-11)18(16,17)14-9(3)5-4-6-15/h7-9,14-15H,4-6H2,1-3H3,(H,12,13). The smallest absolute Gasteiger partial charge is 0.257 e. The Morgan fingerprint density at radius 3 is 2.61 bits per heavy atom. The van der Waals surface area contributed by atoms with Crippen LogP contribution in [-0.2, 0) is 10.0 Å². The van der Waals surface area contributed by atoms with Crippen LogP contribution >= 0.6 is 0 Å². The van der Waals surface area contributed by atoms with Crippen molar-refractivity contribution in [1.29, 1.82) is 0 Å². The van der Waals surface area contributed by atoms with E-state index in [0.29, 0.717) is 18.7 Å². The third kappa shape index (κ3) is 4.08. The minimum atomic E-state index is -3.55. The van der Waals surface area contributed by atoms with Crippen molar-refractivity contribution >= 4 is 10.0 Å². The average Bonchev–Trinajstić information content (AvgIpc) is 2.75. The Morgan fingerprint density at radius 2 is 2.11 bits per heavy atom. The molecule has 0 aliphatic rings. The number of sulfonamides is 1. The van der Waals surface area contributed by atoms with Crippen LogP contribution in [0.25, 0.3) is 0 Å². The number of hydrogen-bond acceptors (Lipinski definition) is 4. The highest BCUT2D eigenvalue weighted by molar-refractivity contribution is 7.89. The normalized spacial score (nSPS) is 14.1. The number of imidazole rings is 1. The monoisotopic (exact) mass is 275 g/mol. The van der Waals surface area contributed by atoms with Gasteiger partial charge in [0, 0.05) is 18.6 Å². The first-order valence-corrected chi connectivity index (χ1v) is 7.53. The minimum absolute atomic E-state index is 0.0631. The molecule has 6 nitrogen and oxygen atoms in total. The van der Waals surface area contributed by atoms with E-state index in [0.717, 1.165) is 0 Å². The van der Waals surface area contributed by atoms with Gasteiger partial charge in [-0.1, -0.05) is 13.8 Å². The Labute approximate surface area is 108 Å². The van der Waals surface area contributed by atoms with Crippen LogP contribution in [0.4, 0.5) is 0 Å². The second-order valence-electron chi connectivity index (χ2n) is 4.68. The maximum Gasteiger partial charge on any atom is 0.257 e. The summed E-state index contributed by atoms with van der Waals surface area (Å²) in [6.07, 6.45) is 2.50. The molecule has 0 aromatic carbocycles. The molecule has 0 fully saturated rings. The number of aliphatic hydroxyl groups is 1. The zero-order valence-electron chi connectivity index (χ0n) is 11.0. The highest BCUT2D eigenvalue weighted by atomic mass is 32.2. The van der Waals surface area contributed by atoms with E-state index in [4.69, 9.17) is 5.11 Å². The summed E-state index contributed by atoms with van der Waals surface area (Å²) in [5.74, 6) is 0.805. The van der Waals surface area contributed by atoms with Gasteiger partial charge in [0.2, 0.25) is 0 Å². The van der Waals surface area contributed by atoms with Crippen molar-refractivity contribution in [2.45, 2.75) is 50.6 Å². The second kappa shape index (κ2) is 6.31. The van der Waals surface area contributed by atoms with E-state index in [1.165, 1.54) is 6.20 Å². The number of aliphatic hydroxyl groups excluding tert-OH is 1. The number of H-pyrrole nitrogens is 1. The van der Waals surface area contributed by atoms with Gasteiger partial charge in [0.1, 0.15) is 5.82 Å². The largest absolute Gasteiger partial charge is 0.396 e. The SMILES string of the molecule is CC(CCCO)NS(=O)(=O)c1cnc(C(C)C)[nH]1. The van der Waals surface area contributed by atoms with E-state index in [-0.39, 0.29) is 23.6 Å². The third-order valence-electron chi connectivity index (χ3n) is 2.56. The van der Waals surface area contributed by atoms with Gasteiger partial charge >= 0.3 is 0 Å². The van der Waals surface area contributed by atoms with Crippen molar-refractivity contribution in [3.63, 3.8) is 0 Å². The molecule has 1 atom stereocenters. The summed E-state index contributed by atoms with van der Waals surface area (Å²) in [7, 11) is -3.55. The number of nitrogens with zero attached hydrogens (tertiary/aromatic N) is 1. The molecule has 0 saturated carbocycles. The zero-order chi connectivity index (χ0) is 13.8. The summed E-state index contributed by atoms with van der Waals surface area (Å²) < 4.78 is 26.5. The van der Waals surface area contributed by atoms with Crippen molar-refractivity contribution < 1.29 is 13.5 Å². The Morgan fingerprint density at radius 1 is 1.44 bits per heavy atom. The van der Waals surface area contributed by atoms with Crippen LogP contribution in [0.3, 0.4) is 0 Å². The van der Waals surface area contributed by atoms with Gasteiger partial charge in [-0.15, -0.1) is 0 Å². The molecule has 0 bridgehead atoms. The molecule has 1 aromatic heterocycles. The van der Waals surface area contributed by atoms with E-state index in [1.54, 1.807) is 6.92 Å². The van der Waals surface area contributed by atoms with E-state index in [9.17, 15) is 8.42 Å². The Hall–Kier alpha value is -0.920. The molecular formula is C11H21N3O3S. The Kier molecular flexibility index (Phi) is 5.30. The fourth-order valence-corrected chi connectivity index (χ4v) is 2.74. The van der Waals surface area contributed by atoms with Gasteiger partial charge in [0.25, 0.3) is 10.0 Å². The van der Waals surface area contributed by atoms with Crippen molar-refractivity contribution in [3.8, 4) is 0 Å². The molecule has 0 radical (unpaired) electrons. The third-order valence-corrected chi connectivity index (χ3v) is 4.06. The molecule has 0 aliphatic heterocycles. The molecule has 104 valence electrons. The minimum Gasteiger partial charge on any atom is -0.396 e. The molecule has 1 heterocycles. The van der Waals surface area contributed by atoms with Gasteiger partial charge in [-0.05, 0) is 19.8 Å². The molecule has 1 rings (SSSR count). The van der Waals surface area contributed by atoms with Crippen molar-refractivity contribution in [1.82, 2.24) is 14.7 Å². The molecule has 1 unspecified atom stereocenters. The number of aromatic nitrogens is 2. The lowest BCUT2D eigenvalue weighted by Crippen LogP contribution is -2.33. The van der Waals surface area contributed by atoms with Gasteiger partial charge in [0.05, 0.1) is 6.20 Å². The number of nitrogens with one attached hydrogen (secondary N) is 2. The maximum atomic E-state index is 12.0. The number of aromatic amines is 1. The molecular weight excluding hydrogens is 254 g/mol. The summed E-state index contributed by atoms with van der Waals surface area (Å²) in [6.45, 7) is 5.71. The zero-order valence-corrected chi connectivity index (χ0v) is 11.8. The topological polar surface area (TPSA) is 95.1 Å². The highest BCUT2D eigenvalue weighted by Gasteiger charge is 2.20. The molecule has 1 aromatic rings. The fourth-order valence-electron chi connectivity index (χ4n) is 1.53. The van der Waals surface area contributed by atoms with Gasteiger partial charge in [-0.2, -0.15) is 0 Å². The molecule has 0 amide bonds. The van der Waals surface area contributed by atoms with Crippen LogP contribution in [0, 0.1) is 0 Å². The first-order chi connectivity index (χ1) is 8.36. The average molecular weight is 275 g/mol. The predicted octanol–water partition coefficient (Wildman–Crippen LogP) is 0.972. The van der Waals surface area contributed by atoms with E-state index in [1.807, 2.05) is 13.8 Å². The molecule has 3 N–H and O–H groups in total. The molecule has 0 aliphatic carbocycles. The molecule has 0 saturated heterocycles. The van der Waals surface area contributed by atoms with Crippen LogP contribution < -0.4 is 4.72 Å². The van der Waals surface area contributed by atoms with Gasteiger partial charge in [-0.25, -0.2) is 18.1 Å². The first-order valence-electron chi connectivity index (χ1n) is 6.05. The Balaban J connectivity index is 2.73. The summed E-state index contributed by atoms with van der Waals surface area (Å²) in [4.78, 5) is 6.84. The van der Waals surface area contributed by atoms with Crippen molar-refractivity contribution in [2.75, 3.05) is 6.61 Å². The van der Waals surface area contributed by atoms with Gasteiger partial charge in [-0.3, -0.25) is 0 Å². The van der Waals surface area contributed by atoms with E-state index >= 15 is 0 Å². The highest BCUT2D eigenvalue weighted by Crippen LogP contribution is 2.13. The number of rotatable bonds is 7. The lowest BCUT2D eigenvalue weighted by molar-refractivity contribution is 0.279. The predicted molar refractivity (Wildman–Crippen MR) is 68.8 cm³/mol. The quantitative estimate of drug-likeness (QED) is 0.691. The lowest BCUT2D eigenvalue weighted by Gasteiger charge is -2.12. The summed E-state index contributed by atoms with van der Waals surface area (Å²) in [5.41, 5.74) is 0. The van der Waals surface area contributed by atoms with Crippen molar-refractivity contribution in [2.24, 2.45) is 0 Å². The van der Waals surface area contributed by atoms with Gasteiger partial charge < -0.3 is 10.1 Å². The molecule has 7 heteroatoms. The molecule has 0 spiro atoms. The van der Waals surface area contributed by atoms with Crippen LogP contribution in [0.5, 0.6) is 0 Å². The van der Waals surface area contributed by atoms with Crippen LogP contribution in [0.2, 0.25) is 0 Å². The summed E-state index contributed by atoms with van der Waals surface area (Å²) in [5, 5.41) is 8.79. The Bertz CT molecular complexity index is 468. The lowest BCUT2D eigenvalue weighted by atomic mass is 10.2. The first kappa shape index (κ1) is 15.1. The van der Waals surface area contributed by atoms with Gasteiger partial charge in [0.15, 0.2) is 5.03 Å². The summed E-state index contributed by atoms with van der Waals surface area (Å²) in [6, 6.07) is -0.215. The number of hydrogen-bond donors (Lipinski definition) is 3. The van der Waals surface area contributed by atoms with Crippen molar-refractivity contribution in [3.05, 3.63) is 12.0 Å². The van der Waals surface area contributed by atoms with E-state index < -0.39 is 10.0 Å². The fraction of sp³-hybridized carbons (Fsp3) is 0.727. The molecule has 18 heavy (non-hydrogen) atoms. The maximum absolute atomic E-state index is 12.0. The summed E-state index contributed by atoms with van der Waals surface area (Å²) >= 11 is 0. The second-order valence-corrected chi connectivity index (χ2v) is 6.36.